The summed E-state index contributed by atoms with van der Waals surface area (Å²) in [7, 11) is 0. The predicted molar refractivity (Wildman–Crippen MR) is 94.5 cm³/mol. The quantitative estimate of drug-likeness (QED) is 0.605. The van der Waals surface area contributed by atoms with Crippen LogP contribution in [0.2, 0.25) is 0 Å². The molecule has 1 saturated heterocycles. The minimum atomic E-state index is -0.528. The standard InChI is InChI=1S/C18H22N4O4/c1-13-10-21(11-16(26-13)15-6-4-3-5-7-15)18(23)8-9-20-12-17(22(24)25)19-14(20)2/h3-7,12-13,16H,8-11H2,1-2H3. The molecule has 1 aromatic carbocycles. The fraction of sp³-hybridized carbons (Fsp3) is 0.444. The minimum absolute atomic E-state index is 0.0110. The molecule has 0 N–H and O–H groups in total. The minimum Gasteiger partial charge on any atom is -0.367 e. The van der Waals surface area contributed by atoms with Crippen LogP contribution in [0, 0.1) is 17.0 Å². The molecule has 2 heterocycles. The van der Waals surface area contributed by atoms with Crippen molar-refractivity contribution in [3.63, 3.8) is 0 Å². The Balaban J connectivity index is 1.63. The Kier molecular flexibility index (Phi) is 5.32. The first kappa shape index (κ1) is 18.1. The molecule has 2 aromatic rings. The first-order valence-corrected chi connectivity index (χ1v) is 8.60. The second-order valence-corrected chi connectivity index (χ2v) is 6.49. The first-order valence-electron chi connectivity index (χ1n) is 8.60. The highest BCUT2D eigenvalue weighted by atomic mass is 16.6. The highest BCUT2D eigenvalue weighted by Crippen LogP contribution is 2.25. The maximum absolute atomic E-state index is 12.6. The summed E-state index contributed by atoms with van der Waals surface area (Å²) in [5.41, 5.74) is 1.05. The number of benzene rings is 1. The number of ether oxygens (including phenoxy) is 1. The van der Waals surface area contributed by atoms with E-state index in [-0.39, 0.29) is 30.4 Å². The number of aromatic nitrogens is 2. The number of rotatable bonds is 5. The van der Waals surface area contributed by atoms with E-state index >= 15 is 0 Å². The Bertz CT molecular complexity index is 790. The fourth-order valence-electron chi connectivity index (χ4n) is 3.19. The number of nitro groups is 1. The van der Waals surface area contributed by atoms with Crippen LogP contribution in [-0.4, -0.2) is 44.5 Å². The summed E-state index contributed by atoms with van der Waals surface area (Å²) in [5.74, 6) is 0.345. The van der Waals surface area contributed by atoms with E-state index in [4.69, 9.17) is 4.74 Å². The fourth-order valence-corrected chi connectivity index (χ4v) is 3.19. The molecule has 1 aliphatic rings. The van der Waals surface area contributed by atoms with Gasteiger partial charge in [0.25, 0.3) is 0 Å². The van der Waals surface area contributed by atoms with Gasteiger partial charge in [0.2, 0.25) is 11.7 Å². The van der Waals surface area contributed by atoms with Gasteiger partial charge in [-0.3, -0.25) is 4.79 Å². The molecule has 0 spiro atoms. The normalized spacial score (nSPS) is 20.2. The summed E-state index contributed by atoms with van der Waals surface area (Å²) in [6.45, 7) is 5.08. The molecule has 8 heteroatoms. The molecule has 2 unspecified atom stereocenters. The van der Waals surface area contributed by atoms with Crippen LogP contribution < -0.4 is 0 Å². The van der Waals surface area contributed by atoms with Gasteiger partial charge in [0.1, 0.15) is 12.3 Å². The third-order valence-electron chi connectivity index (χ3n) is 4.50. The molecule has 2 atom stereocenters. The molecule has 3 rings (SSSR count). The Morgan fingerprint density at radius 2 is 2.08 bits per heavy atom. The second-order valence-electron chi connectivity index (χ2n) is 6.49. The van der Waals surface area contributed by atoms with E-state index in [1.54, 1.807) is 11.5 Å². The zero-order valence-corrected chi connectivity index (χ0v) is 14.9. The Morgan fingerprint density at radius 3 is 2.73 bits per heavy atom. The second kappa shape index (κ2) is 7.65. The number of hydrogen-bond donors (Lipinski definition) is 0. The van der Waals surface area contributed by atoms with E-state index in [2.05, 4.69) is 4.98 Å². The van der Waals surface area contributed by atoms with Crippen molar-refractivity contribution in [2.45, 2.75) is 39.0 Å². The lowest BCUT2D eigenvalue weighted by Crippen LogP contribution is -2.46. The Morgan fingerprint density at radius 1 is 1.35 bits per heavy atom. The highest BCUT2D eigenvalue weighted by Gasteiger charge is 2.29. The smallest absolute Gasteiger partial charge is 0.367 e. The van der Waals surface area contributed by atoms with E-state index in [0.29, 0.717) is 25.5 Å². The third kappa shape index (κ3) is 4.08. The summed E-state index contributed by atoms with van der Waals surface area (Å²) in [5, 5.41) is 10.8. The van der Waals surface area contributed by atoms with Gasteiger partial charge >= 0.3 is 5.82 Å². The molecule has 0 saturated carbocycles. The topological polar surface area (TPSA) is 90.5 Å². The summed E-state index contributed by atoms with van der Waals surface area (Å²) >= 11 is 0. The first-order chi connectivity index (χ1) is 12.4. The van der Waals surface area contributed by atoms with Crippen molar-refractivity contribution in [1.82, 2.24) is 14.5 Å². The Labute approximate surface area is 151 Å². The van der Waals surface area contributed by atoms with Gasteiger partial charge in [-0.1, -0.05) is 30.3 Å². The number of morpholine rings is 1. The average molecular weight is 358 g/mol. The number of carbonyl (C=O) groups is 1. The van der Waals surface area contributed by atoms with E-state index in [0.717, 1.165) is 5.56 Å². The number of hydrogen-bond acceptors (Lipinski definition) is 5. The van der Waals surface area contributed by atoms with Crippen molar-refractivity contribution in [1.29, 1.82) is 0 Å². The lowest BCUT2D eigenvalue weighted by molar-refractivity contribution is -0.389. The number of carbonyl (C=O) groups excluding carboxylic acids is 1. The number of amides is 1. The van der Waals surface area contributed by atoms with Crippen LogP contribution in [0.15, 0.2) is 36.5 Å². The molecule has 0 radical (unpaired) electrons. The van der Waals surface area contributed by atoms with Gasteiger partial charge in [-0.2, -0.15) is 0 Å². The maximum Gasteiger partial charge on any atom is 0.381 e. The van der Waals surface area contributed by atoms with Crippen LogP contribution in [0.5, 0.6) is 0 Å². The van der Waals surface area contributed by atoms with Gasteiger partial charge in [-0.25, -0.2) is 0 Å². The zero-order valence-electron chi connectivity index (χ0n) is 14.9. The lowest BCUT2D eigenvalue weighted by Gasteiger charge is -2.37. The molecule has 1 aromatic heterocycles. The molecular formula is C18H22N4O4. The maximum atomic E-state index is 12.6. The van der Waals surface area contributed by atoms with Crippen molar-refractivity contribution in [2.24, 2.45) is 0 Å². The van der Waals surface area contributed by atoms with Gasteiger partial charge in [0.05, 0.1) is 12.6 Å². The average Bonchev–Trinajstić information content (AvgIpc) is 3.01. The molecule has 1 aliphatic heterocycles. The summed E-state index contributed by atoms with van der Waals surface area (Å²) in [6.07, 6.45) is 1.45. The third-order valence-corrected chi connectivity index (χ3v) is 4.50. The number of nitrogens with zero attached hydrogens (tertiary/aromatic N) is 4. The molecular weight excluding hydrogens is 336 g/mol. The summed E-state index contributed by atoms with van der Waals surface area (Å²) < 4.78 is 7.63. The monoisotopic (exact) mass is 358 g/mol. The molecule has 0 aliphatic carbocycles. The molecule has 0 bridgehead atoms. The number of aryl methyl sites for hydroxylation is 2. The van der Waals surface area contributed by atoms with E-state index in [1.165, 1.54) is 6.20 Å². The van der Waals surface area contributed by atoms with Crippen LogP contribution in [0.3, 0.4) is 0 Å². The molecule has 1 fully saturated rings. The predicted octanol–water partition coefficient (Wildman–Crippen LogP) is 2.48. The summed E-state index contributed by atoms with van der Waals surface area (Å²) in [6, 6.07) is 9.86. The van der Waals surface area contributed by atoms with Crippen molar-refractivity contribution < 1.29 is 14.5 Å². The number of imidazole rings is 1. The molecule has 8 nitrogen and oxygen atoms in total. The highest BCUT2D eigenvalue weighted by molar-refractivity contribution is 5.76. The molecule has 1 amide bonds. The van der Waals surface area contributed by atoms with E-state index in [9.17, 15) is 14.9 Å². The molecule has 26 heavy (non-hydrogen) atoms. The van der Waals surface area contributed by atoms with Gasteiger partial charge in [-0.05, 0) is 22.4 Å². The van der Waals surface area contributed by atoms with Gasteiger partial charge < -0.3 is 24.3 Å². The van der Waals surface area contributed by atoms with Crippen LogP contribution in [-0.2, 0) is 16.1 Å². The molecule has 138 valence electrons. The van der Waals surface area contributed by atoms with Crippen LogP contribution >= 0.6 is 0 Å². The van der Waals surface area contributed by atoms with Crippen molar-refractivity contribution in [3.05, 3.63) is 58.0 Å². The SMILES string of the molecule is Cc1nc([N+](=O)[O-])cn1CCC(=O)N1CC(C)OC(c2ccccc2)C1. The largest absolute Gasteiger partial charge is 0.381 e. The van der Waals surface area contributed by atoms with Crippen molar-refractivity contribution in [2.75, 3.05) is 13.1 Å². The van der Waals surface area contributed by atoms with Crippen LogP contribution in [0.1, 0.15) is 30.8 Å². The van der Waals surface area contributed by atoms with E-state index < -0.39 is 4.92 Å². The van der Waals surface area contributed by atoms with E-state index in [1.807, 2.05) is 42.2 Å². The zero-order chi connectivity index (χ0) is 18.7. The van der Waals surface area contributed by atoms with Gasteiger partial charge in [0.15, 0.2) is 0 Å². The van der Waals surface area contributed by atoms with Crippen LogP contribution in [0.25, 0.3) is 0 Å². The van der Waals surface area contributed by atoms with Crippen molar-refractivity contribution in [3.8, 4) is 0 Å². The van der Waals surface area contributed by atoms with Gasteiger partial charge in [-0.15, -0.1) is 0 Å². The van der Waals surface area contributed by atoms with Crippen molar-refractivity contribution >= 4 is 11.7 Å². The lowest BCUT2D eigenvalue weighted by atomic mass is 10.1. The van der Waals surface area contributed by atoms with Crippen LogP contribution in [0.4, 0.5) is 5.82 Å². The van der Waals surface area contributed by atoms with Gasteiger partial charge in [0, 0.05) is 26.4 Å². The summed E-state index contributed by atoms with van der Waals surface area (Å²) in [4.78, 5) is 28.6. The Hall–Kier alpha value is -2.74.